The first kappa shape index (κ1) is 12.7. The predicted octanol–water partition coefficient (Wildman–Crippen LogP) is 2.42. The topological polar surface area (TPSA) is 65.9 Å². The van der Waals surface area contributed by atoms with E-state index >= 15 is 0 Å². The molecular formula is C15H8BrN2O2-. The van der Waals surface area contributed by atoms with E-state index in [9.17, 15) is 9.90 Å². The summed E-state index contributed by atoms with van der Waals surface area (Å²) < 4.78 is 0.792. The standard InChI is InChI=1S/C15H9BrN2O2/c16-9-4-5-12-10(7-9)11(15(19)20)8-14(18-12)13-3-1-2-6-17-13/h1-8H,(H,19,20)/p-1. The molecule has 0 saturated heterocycles. The molecule has 0 aliphatic carbocycles. The van der Waals surface area contributed by atoms with Gasteiger partial charge in [-0.15, -0.1) is 0 Å². The fraction of sp³-hybridized carbons (Fsp3) is 0. The van der Waals surface area contributed by atoms with Crippen LogP contribution in [-0.4, -0.2) is 15.9 Å². The fourth-order valence-corrected chi connectivity index (χ4v) is 2.37. The van der Waals surface area contributed by atoms with Gasteiger partial charge in [0, 0.05) is 21.6 Å². The van der Waals surface area contributed by atoms with Crippen LogP contribution in [0.25, 0.3) is 22.3 Å². The number of fused-ring (bicyclic) bond motifs is 1. The number of aromatic carboxylic acids is 1. The van der Waals surface area contributed by atoms with E-state index in [-0.39, 0.29) is 5.56 Å². The Balaban J connectivity index is 2.32. The highest BCUT2D eigenvalue weighted by molar-refractivity contribution is 9.10. The molecule has 4 nitrogen and oxygen atoms in total. The summed E-state index contributed by atoms with van der Waals surface area (Å²) >= 11 is 3.33. The molecule has 2 aromatic heterocycles. The van der Waals surface area contributed by atoms with Gasteiger partial charge in [0.1, 0.15) is 0 Å². The lowest BCUT2D eigenvalue weighted by molar-refractivity contribution is -0.254. The number of aromatic nitrogens is 2. The molecule has 20 heavy (non-hydrogen) atoms. The summed E-state index contributed by atoms with van der Waals surface area (Å²) in [5.41, 5.74) is 1.84. The van der Waals surface area contributed by atoms with Gasteiger partial charge in [-0.1, -0.05) is 22.0 Å². The molecule has 0 aliphatic heterocycles. The lowest BCUT2D eigenvalue weighted by atomic mass is 10.1. The van der Waals surface area contributed by atoms with Gasteiger partial charge in [-0.25, -0.2) is 4.98 Å². The van der Waals surface area contributed by atoms with Gasteiger partial charge in [-0.2, -0.15) is 0 Å². The van der Waals surface area contributed by atoms with Crippen molar-refractivity contribution in [2.24, 2.45) is 0 Å². The molecule has 3 aromatic rings. The van der Waals surface area contributed by atoms with E-state index < -0.39 is 5.97 Å². The van der Waals surface area contributed by atoms with Crippen molar-refractivity contribution < 1.29 is 9.90 Å². The molecule has 0 radical (unpaired) electrons. The first-order valence-electron chi connectivity index (χ1n) is 5.88. The Morgan fingerprint density at radius 1 is 1.10 bits per heavy atom. The van der Waals surface area contributed by atoms with Crippen LogP contribution in [0.1, 0.15) is 10.4 Å². The molecule has 0 unspecified atom stereocenters. The average Bonchev–Trinajstić information content (AvgIpc) is 2.47. The normalized spacial score (nSPS) is 10.7. The molecule has 0 amide bonds. The summed E-state index contributed by atoms with van der Waals surface area (Å²) in [5.74, 6) is -1.23. The quantitative estimate of drug-likeness (QED) is 0.725. The summed E-state index contributed by atoms with van der Waals surface area (Å²) in [5, 5.41) is 11.9. The van der Waals surface area contributed by atoms with Gasteiger partial charge in [-0.3, -0.25) is 4.98 Å². The number of pyridine rings is 2. The summed E-state index contributed by atoms with van der Waals surface area (Å²) in [6.45, 7) is 0. The number of carbonyl (C=O) groups excluding carboxylic acids is 1. The molecule has 0 atom stereocenters. The van der Waals surface area contributed by atoms with Crippen molar-refractivity contribution in [2.75, 3.05) is 0 Å². The lowest BCUT2D eigenvalue weighted by Gasteiger charge is -2.10. The van der Waals surface area contributed by atoms with E-state index in [2.05, 4.69) is 25.9 Å². The van der Waals surface area contributed by atoms with E-state index in [0.717, 1.165) is 4.47 Å². The maximum atomic E-state index is 11.3. The number of carboxylic acid groups (broad SMARTS) is 1. The molecule has 5 heteroatoms. The minimum absolute atomic E-state index is 0.108. The second kappa shape index (κ2) is 5.02. The van der Waals surface area contributed by atoms with E-state index in [1.165, 1.54) is 6.07 Å². The summed E-state index contributed by atoms with van der Waals surface area (Å²) in [6.07, 6.45) is 1.64. The van der Waals surface area contributed by atoms with Gasteiger partial charge in [-0.05, 0) is 36.4 Å². The van der Waals surface area contributed by atoms with Gasteiger partial charge in [0.05, 0.1) is 22.9 Å². The van der Waals surface area contributed by atoms with Gasteiger partial charge in [0.2, 0.25) is 0 Å². The molecule has 0 aliphatic rings. The van der Waals surface area contributed by atoms with Crippen LogP contribution in [0.4, 0.5) is 0 Å². The summed E-state index contributed by atoms with van der Waals surface area (Å²) in [6, 6.07) is 12.2. The maximum Gasteiger partial charge on any atom is 0.0900 e. The van der Waals surface area contributed by atoms with Crippen LogP contribution in [0.5, 0.6) is 0 Å². The SMILES string of the molecule is O=C([O-])c1cc(-c2ccccn2)nc2ccc(Br)cc12. The molecule has 0 spiro atoms. The zero-order valence-corrected chi connectivity index (χ0v) is 11.8. The van der Waals surface area contributed by atoms with E-state index in [1.54, 1.807) is 30.5 Å². The minimum atomic E-state index is -1.23. The largest absolute Gasteiger partial charge is 0.545 e. The highest BCUT2D eigenvalue weighted by atomic mass is 79.9. The molecule has 98 valence electrons. The third-order valence-corrected chi connectivity index (χ3v) is 3.41. The number of benzene rings is 1. The number of rotatable bonds is 2. The lowest BCUT2D eigenvalue weighted by Crippen LogP contribution is -2.22. The van der Waals surface area contributed by atoms with Crippen molar-refractivity contribution >= 4 is 32.8 Å². The third-order valence-electron chi connectivity index (χ3n) is 2.92. The molecule has 1 aromatic carbocycles. The van der Waals surface area contributed by atoms with Crippen LogP contribution in [0, 0.1) is 0 Å². The number of carbonyl (C=O) groups is 1. The molecule has 2 heterocycles. The van der Waals surface area contributed by atoms with E-state index in [1.807, 2.05) is 12.1 Å². The number of hydrogen-bond donors (Lipinski definition) is 0. The highest BCUT2D eigenvalue weighted by Gasteiger charge is 2.09. The Morgan fingerprint density at radius 3 is 2.65 bits per heavy atom. The van der Waals surface area contributed by atoms with Gasteiger partial charge < -0.3 is 9.90 Å². The Labute approximate surface area is 123 Å². The summed E-state index contributed by atoms with van der Waals surface area (Å²) in [7, 11) is 0. The molecule has 0 N–H and O–H groups in total. The second-order valence-electron chi connectivity index (χ2n) is 4.22. The van der Waals surface area contributed by atoms with Crippen LogP contribution in [0.3, 0.4) is 0 Å². The van der Waals surface area contributed by atoms with Crippen molar-refractivity contribution in [3.8, 4) is 11.4 Å². The highest BCUT2D eigenvalue weighted by Crippen LogP contribution is 2.25. The molecule has 0 saturated carbocycles. The molecular weight excluding hydrogens is 320 g/mol. The first-order valence-corrected chi connectivity index (χ1v) is 6.67. The smallest absolute Gasteiger partial charge is 0.0900 e. The number of halogens is 1. The maximum absolute atomic E-state index is 11.3. The van der Waals surface area contributed by atoms with Crippen LogP contribution in [-0.2, 0) is 0 Å². The van der Waals surface area contributed by atoms with E-state index in [4.69, 9.17) is 0 Å². The number of hydrogen-bond acceptors (Lipinski definition) is 4. The van der Waals surface area contributed by atoms with Crippen molar-refractivity contribution in [3.05, 3.63) is 58.7 Å². The Hall–Kier alpha value is -2.27. The van der Waals surface area contributed by atoms with Crippen molar-refractivity contribution in [1.29, 1.82) is 0 Å². The Kier molecular flexibility index (Phi) is 3.20. The van der Waals surface area contributed by atoms with Crippen molar-refractivity contribution in [2.45, 2.75) is 0 Å². The fourth-order valence-electron chi connectivity index (χ4n) is 2.01. The molecule has 3 rings (SSSR count). The number of carboxylic acids is 1. The zero-order valence-electron chi connectivity index (χ0n) is 10.2. The van der Waals surface area contributed by atoms with Crippen molar-refractivity contribution in [3.63, 3.8) is 0 Å². The Morgan fingerprint density at radius 2 is 1.95 bits per heavy atom. The van der Waals surface area contributed by atoms with Gasteiger partial charge in [0.15, 0.2) is 0 Å². The minimum Gasteiger partial charge on any atom is -0.545 e. The van der Waals surface area contributed by atoms with Gasteiger partial charge in [0.25, 0.3) is 0 Å². The number of nitrogens with zero attached hydrogens (tertiary/aromatic N) is 2. The third kappa shape index (κ3) is 2.28. The van der Waals surface area contributed by atoms with Crippen LogP contribution < -0.4 is 5.11 Å². The molecule has 0 fully saturated rings. The Bertz CT molecular complexity index is 804. The predicted molar refractivity (Wildman–Crippen MR) is 77.0 cm³/mol. The second-order valence-corrected chi connectivity index (χ2v) is 5.13. The first-order chi connectivity index (χ1) is 9.65. The van der Waals surface area contributed by atoms with Crippen LogP contribution in [0.15, 0.2) is 53.1 Å². The van der Waals surface area contributed by atoms with Gasteiger partial charge >= 0.3 is 0 Å². The van der Waals surface area contributed by atoms with Crippen LogP contribution in [0.2, 0.25) is 0 Å². The van der Waals surface area contributed by atoms with Crippen molar-refractivity contribution in [1.82, 2.24) is 9.97 Å². The monoisotopic (exact) mass is 327 g/mol. The summed E-state index contributed by atoms with van der Waals surface area (Å²) in [4.78, 5) is 20.0. The zero-order chi connectivity index (χ0) is 14.1. The van der Waals surface area contributed by atoms with Crippen LogP contribution >= 0.6 is 15.9 Å². The van der Waals surface area contributed by atoms with E-state index in [0.29, 0.717) is 22.3 Å². The average molecular weight is 328 g/mol. The molecule has 0 bridgehead atoms.